The predicted octanol–water partition coefficient (Wildman–Crippen LogP) is 4.60. The molecule has 5 rings (SSSR count). The first-order valence-electron chi connectivity index (χ1n) is 10.9. The molecule has 1 aromatic heterocycles. The van der Waals surface area contributed by atoms with Gasteiger partial charge in [-0.1, -0.05) is 83.6 Å². The average molecular weight is 489 g/mol. The zero-order chi connectivity index (χ0) is 23.8. The molecule has 0 saturated carbocycles. The van der Waals surface area contributed by atoms with E-state index in [1.54, 1.807) is 30.6 Å². The van der Waals surface area contributed by atoms with Crippen LogP contribution in [0.1, 0.15) is 31.0 Å². The van der Waals surface area contributed by atoms with Gasteiger partial charge >= 0.3 is 5.97 Å². The Kier molecular flexibility index (Phi) is 5.94. The maximum absolute atomic E-state index is 13.7. The van der Waals surface area contributed by atoms with Gasteiger partial charge in [0.15, 0.2) is 4.80 Å². The van der Waals surface area contributed by atoms with Crippen LogP contribution in [0.25, 0.3) is 16.8 Å². The Morgan fingerprint density at radius 3 is 2.65 bits per heavy atom. The summed E-state index contributed by atoms with van der Waals surface area (Å²) in [6.07, 6.45) is 1.77. The van der Waals surface area contributed by atoms with Crippen LogP contribution in [0, 0.1) is 0 Å². The molecule has 0 bridgehead atoms. The Balaban J connectivity index is 1.82. The van der Waals surface area contributed by atoms with Gasteiger partial charge in [-0.25, -0.2) is 9.79 Å². The number of rotatable bonds is 4. The molecule has 0 fully saturated rings. The number of esters is 1. The van der Waals surface area contributed by atoms with Gasteiger partial charge in [0.1, 0.15) is 0 Å². The molecule has 170 valence electrons. The average Bonchev–Trinajstić information content (AvgIpc) is 3.14. The minimum Gasteiger partial charge on any atom is -0.463 e. The summed E-state index contributed by atoms with van der Waals surface area (Å²) in [4.78, 5) is 32.0. The van der Waals surface area contributed by atoms with Crippen LogP contribution in [-0.4, -0.2) is 17.1 Å². The summed E-state index contributed by atoms with van der Waals surface area (Å²) in [6.45, 7) is 3.78. The summed E-state index contributed by atoms with van der Waals surface area (Å²) in [5.74, 6) is -0.470. The first-order valence-corrected chi connectivity index (χ1v) is 12.1. The van der Waals surface area contributed by atoms with Gasteiger partial charge < -0.3 is 4.74 Å². The normalized spacial score (nSPS) is 15.9. The predicted molar refractivity (Wildman–Crippen MR) is 136 cm³/mol. The van der Waals surface area contributed by atoms with Crippen LogP contribution in [0.15, 0.2) is 87.8 Å². The largest absolute Gasteiger partial charge is 0.463 e. The molecule has 0 amide bonds. The number of aromatic nitrogens is 1. The van der Waals surface area contributed by atoms with E-state index in [1.165, 1.54) is 11.3 Å². The van der Waals surface area contributed by atoms with Crippen molar-refractivity contribution in [1.29, 1.82) is 0 Å². The number of carbonyl (C=O) groups excluding carboxylic acids is 1. The molecule has 7 heteroatoms. The fraction of sp³-hybridized carbons (Fsp3) is 0.148. The summed E-state index contributed by atoms with van der Waals surface area (Å²) in [6, 6.07) is 20.5. The van der Waals surface area contributed by atoms with Crippen molar-refractivity contribution >= 4 is 45.8 Å². The van der Waals surface area contributed by atoms with E-state index in [9.17, 15) is 9.59 Å². The van der Waals surface area contributed by atoms with Crippen molar-refractivity contribution in [2.24, 2.45) is 4.99 Å². The number of fused-ring (bicyclic) bond motifs is 2. The highest BCUT2D eigenvalue weighted by Crippen LogP contribution is 2.34. The van der Waals surface area contributed by atoms with Gasteiger partial charge in [-0.15, -0.1) is 0 Å². The molecule has 2 heterocycles. The number of hydrogen-bond acceptors (Lipinski definition) is 5. The van der Waals surface area contributed by atoms with Crippen molar-refractivity contribution in [3.8, 4) is 0 Å². The molecular formula is C27H21ClN2O3S. The molecule has 1 aliphatic rings. The van der Waals surface area contributed by atoms with Gasteiger partial charge in [-0.05, 0) is 47.9 Å². The third-order valence-electron chi connectivity index (χ3n) is 5.83. The van der Waals surface area contributed by atoms with Crippen LogP contribution in [0.5, 0.6) is 0 Å². The highest BCUT2D eigenvalue weighted by molar-refractivity contribution is 7.07. The van der Waals surface area contributed by atoms with Gasteiger partial charge in [-0.2, -0.15) is 0 Å². The molecule has 3 aromatic carbocycles. The molecule has 0 radical (unpaired) electrons. The van der Waals surface area contributed by atoms with Crippen LogP contribution < -0.4 is 14.9 Å². The Morgan fingerprint density at radius 1 is 1.12 bits per heavy atom. The van der Waals surface area contributed by atoms with Gasteiger partial charge in [0.2, 0.25) is 0 Å². The Labute approximate surface area is 204 Å². The van der Waals surface area contributed by atoms with Crippen molar-refractivity contribution in [1.82, 2.24) is 4.57 Å². The molecule has 0 unspecified atom stereocenters. The van der Waals surface area contributed by atoms with Crippen molar-refractivity contribution in [2.75, 3.05) is 6.61 Å². The van der Waals surface area contributed by atoms with Crippen LogP contribution in [-0.2, 0) is 9.53 Å². The zero-order valence-electron chi connectivity index (χ0n) is 18.6. The number of carbonyl (C=O) groups is 1. The molecule has 4 aromatic rings. The number of thiazole rings is 1. The zero-order valence-corrected chi connectivity index (χ0v) is 20.2. The Bertz CT molecular complexity index is 1640. The summed E-state index contributed by atoms with van der Waals surface area (Å²) >= 11 is 7.62. The third kappa shape index (κ3) is 3.79. The van der Waals surface area contributed by atoms with Crippen molar-refractivity contribution < 1.29 is 9.53 Å². The standard InChI is InChI=1S/C27H21ClN2O3S/c1-3-33-26(32)23-16(2)29-27-30(24(23)20-13-8-11-17-9-4-6-12-19(17)20)25(31)22(34-27)15-18-10-5-7-14-21(18)28/h4-15,24H,3H2,1-2H3/b22-15+/t24-/m0/s1. The number of benzene rings is 3. The van der Waals surface area contributed by atoms with E-state index in [2.05, 4.69) is 4.99 Å². The lowest BCUT2D eigenvalue weighted by atomic mass is 9.91. The molecular weight excluding hydrogens is 468 g/mol. The number of hydrogen-bond donors (Lipinski definition) is 0. The monoisotopic (exact) mass is 488 g/mol. The van der Waals surface area contributed by atoms with Gasteiger partial charge in [0.05, 0.1) is 28.5 Å². The number of halogens is 1. The second-order valence-corrected chi connectivity index (χ2v) is 9.31. The lowest BCUT2D eigenvalue weighted by molar-refractivity contribution is -0.139. The van der Waals surface area contributed by atoms with Gasteiger partial charge in [0.25, 0.3) is 5.56 Å². The SMILES string of the molecule is CCOC(=O)C1=C(C)N=c2s/c(=C/c3ccccc3Cl)c(=O)n2[C@H]1c1cccc2ccccc12. The van der Waals surface area contributed by atoms with Crippen molar-refractivity contribution in [3.63, 3.8) is 0 Å². The van der Waals surface area contributed by atoms with E-state index >= 15 is 0 Å². The topological polar surface area (TPSA) is 60.7 Å². The molecule has 0 N–H and O–H groups in total. The minimum absolute atomic E-state index is 0.226. The summed E-state index contributed by atoms with van der Waals surface area (Å²) in [5.41, 5.74) is 2.28. The van der Waals surface area contributed by atoms with E-state index in [0.29, 0.717) is 25.6 Å². The Hall–Kier alpha value is -3.48. The quantitative estimate of drug-likeness (QED) is 0.394. The van der Waals surface area contributed by atoms with Gasteiger partial charge in [-0.3, -0.25) is 9.36 Å². The fourth-order valence-electron chi connectivity index (χ4n) is 4.31. The summed E-state index contributed by atoms with van der Waals surface area (Å²) < 4.78 is 7.50. The van der Waals surface area contributed by atoms with Crippen molar-refractivity contribution in [2.45, 2.75) is 19.9 Å². The lowest BCUT2D eigenvalue weighted by Crippen LogP contribution is -2.40. The summed E-state index contributed by atoms with van der Waals surface area (Å²) in [5, 5.41) is 2.55. The summed E-state index contributed by atoms with van der Waals surface area (Å²) in [7, 11) is 0. The lowest BCUT2D eigenvalue weighted by Gasteiger charge is -2.25. The molecule has 0 aliphatic carbocycles. The number of ether oxygens (including phenoxy) is 1. The minimum atomic E-state index is -0.658. The van der Waals surface area contributed by atoms with E-state index in [0.717, 1.165) is 21.9 Å². The maximum atomic E-state index is 13.7. The molecule has 5 nitrogen and oxygen atoms in total. The second kappa shape index (κ2) is 9.05. The second-order valence-electron chi connectivity index (χ2n) is 7.89. The Morgan fingerprint density at radius 2 is 1.85 bits per heavy atom. The molecule has 0 spiro atoms. The van der Waals surface area contributed by atoms with Crippen LogP contribution in [0.3, 0.4) is 0 Å². The maximum Gasteiger partial charge on any atom is 0.338 e. The fourth-order valence-corrected chi connectivity index (χ4v) is 5.54. The number of allylic oxidation sites excluding steroid dienone is 1. The van der Waals surface area contributed by atoms with Gasteiger partial charge in [0, 0.05) is 5.02 Å². The molecule has 0 saturated heterocycles. The number of nitrogens with zero attached hydrogens (tertiary/aromatic N) is 2. The highest BCUT2D eigenvalue weighted by Gasteiger charge is 2.34. The van der Waals surface area contributed by atoms with E-state index in [1.807, 2.05) is 60.7 Å². The molecule has 34 heavy (non-hydrogen) atoms. The molecule has 1 atom stereocenters. The van der Waals surface area contributed by atoms with Crippen LogP contribution >= 0.6 is 22.9 Å². The van der Waals surface area contributed by atoms with E-state index in [-0.39, 0.29) is 12.2 Å². The van der Waals surface area contributed by atoms with Crippen LogP contribution in [0.2, 0.25) is 5.02 Å². The first-order chi connectivity index (χ1) is 16.5. The van der Waals surface area contributed by atoms with Crippen LogP contribution in [0.4, 0.5) is 0 Å². The smallest absolute Gasteiger partial charge is 0.338 e. The highest BCUT2D eigenvalue weighted by atomic mass is 35.5. The third-order valence-corrected chi connectivity index (χ3v) is 7.15. The van der Waals surface area contributed by atoms with Crippen molar-refractivity contribution in [3.05, 3.63) is 114 Å². The molecule has 1 aliphatic heterocycles. The first kappa shape index (κ1) is 22.3. The van der Waals surface area contributed by atoms with E-state index < -0.39 is 12.0 Å². The van der Waals surface area contributed by atoms with E-state index in [4.69, 9.17) is 16.3 Å².